The lowest BCUT2D eigenvalue weighted by molar-refractivity contribution is 0.0451. The number of aryl methyl sites for hydroxylation is 1. The van der Waals surface area contributed by atoms with E-state index >= 15 is 0 Å². The first-order valence-corrected chi connectivity index (χ1v) is 9.19. The number of rotatable bonds is 8. The maximum absolute atomic E-state index is 12.5. The second-order valence-corrected chi connectivity index (χ2v) is 6.39. The van der Waals surface area contributed by atoms with Crippen molar-refractivity contribution in [2.75, 3.05) is 0 Å². The number of aromatic nitrogens is 5. The second kappa shape index (κ2) is 8.77. The molecule has 0 amide bonds. The number of carbonyl (C=O) groups is 1. The molecule has 0 atom stereocenters. The van der Waals surface area contributed by atoms with E-state index in [1.54, 1.807) is 16.8 Å². The molecule has 0 aliphatic rings. The first-order valence-electron chi connectivity index (χ1n) is 8.81. The Bertz CT molecular complexity index is 921. The number of hydrogen-bond donors (Lipinski definition) is 0. The van der Waals surface area contributed by atoms with Crippen molar-refractivity contribution in [3.63, 3.8) is 0 Å². The van der Waals surface area contributed by atoms with E-state index in [1.165, 1.54) is 0 Å². The highest BCUT2D eigenvalue weighted by Crippen LogP contribution is 2.19. The fraction of sp³-hybridized carbons (Fsp3) is 0.389. The summed E-state index contributed by atoms with van der Waals surface area (Å²) in [6.07, 6.45) is 3.02. The van der Waals surface area contributed by atoms with Crippen LogP contribution in [0.2, 0.25) is 5.02 Å². The summed E-state index contributed by atoms with van der Waals surface area (Å²) in [6.45, 7) is 3.95. The average Bonchev–Trinajstić information content (AvgIpc) is 3.27. The summed E-state index contributed by atoms with van der Waals surface area (Å²) in [5.41, 5.74) is 1.58. The van der Waals surface area contributed by atoms with Gasteiger partial charge in [-0.05, 0) is 31.0 Å². The lowest BCUT2D eigenvalue weighted by Gasteiger charge is -2.07. The number of benzene rings is 1. The fourth-order valence-electron chi connectivity index (χ4n) is 2.60. The van der Waals surface area contributed by atoms with Gasteiger partial charge in [-0.2, -0.15) is 4.98 Å². The van der Waals surface area contributed by atoms with Crippen LogP contribution < -0.4 is 0 Å². The Morgan fingerprint density at radius 3 is 2.81 bits per heavy atom. The van der Waals surface area contributed by atoms with Gasteiger partial charge in [-0.1, -0.05) is 48.3 Å². The number of carbonyl (C=O) groups excluding carboxylic acids is 1. The van der Waals surface area contributed by atoms with Crippen molar-refractivity contribution in [3.05, 3.63) is 52.4 Å². The van der Waals surface area contributed by atoms with Crippen molar-refractivity contribution < 1.29 is 14.1 Å². The van der Waals surface area contributed by atoms with Gasteiger partial charge in [0.25, 0.3) is 0 Å². The predicted molar refractivity (Wildman–Crippen MR) is 97.8 cm³/mol. The summed E-state index contributed by atoms with van der Waals surface area (Å²) in [7, 11) is 0. The van der Waals surface area contributed by atoms with E-state index in [4.69, 9.17) is 20.9 Å². The van der Waals surface area contributed by atoms with Gasteiger partial charge in [0.05, 0.1) is 11.4 Å². The van der Waals surface area contributed by atoms with Gasteiger partial charge in [-0.15, -0.1) is 5.10 Å². The number of halogens is 1. The van der Waals surface area contributed by atoms with E-state index in [1.807, 2.05) is 26.0 Å². The molecule has 8 nitrogen and oxygen atoms in total. The zero-order valence-corrected chi connectivity index (χ0v) is 15.9. The third-order valence-corrected chi connectivity index (χ3v) is 4.04. The summed E-state index contributed by atoms with van der Waals surface area (Å²) in [5, 5.41) is 12.5. The van der Waals surface area contributed by atoms with Crippen LogP contribution in [0.5, 0.6) is 0 Å². The molecule has 0 spiro atoms. The molecule has 2 heterocycles. The molecular weight excluding hydrogens is 370 g/mol. The Morgan fingerprint density at radius 2 is 2.07 bits per heavy atom. The molecule has 27 heavy (non-hydrogen) atoms. The Labute approximate surface area is 161 Å². The normalized spacial score (nSPS) is 10.9. The highest BCUT2D eigenvalue weighted by atomic mass is 35.5. The summed E-state index contributed by atoms with van der Waals surface area (Å²) in [5.74, 6) is 0.279. The second-order valence-electron chi connectivity index (χ2n) is 5.96. The van der Waals surface area contributed by atoms with Gasteiger partial charge in [0.15, 0.2) is 12.3 Å². The van der Waals surface area contributed by atoms with Crippen molar-refractivity contribution in [2.24, 2.45) is 0 Å². The zero-order chi connectivity index (χ0) is 19.2. The van der Waals surface area contributed by atoms with Gasteiger partial charge in [0, 0.05) is 11.4 Å². The molecular formula is C18H20ClN5O3. The van der Waals surface area contributed by atoms with Gasteiger partial charge >= 0.3 is 5.97 Å². The third kappa shape index (κ3) is 4.51. The van der Waals surface area contributed by atoms with Crippen LogP contribution in [-0.4, -0.2) is 31.1 Å². The van der Waals surface area contributed by atoms with Crippen molar-refractivity contribution in [1.82, 2.24) is 25.1 Å². The van der Waals surface area contributed by atoms with Crippen LogP contribution >= 0.6 is 11.6 Å². The summed E-state index contributed by atoms with van der Waals surface area (Å²) < 4.78 is 12.0. The first-order chi connectivity index (χ1) is 13.1. The molecule has 9 heteroatoms. The van der Waals surface area contributed by atoms with Gasteiger partial charge in [0.1, 0.15) is 0 Å². The summed E-state index contributed by atoms with van der Waals surface area (Å²) in [6, 6.07) is 7.20. The minimum Gasteiger partial charge on any atom is -0.452 e. The van der Waals surface area contributed by atoms with Crippen LogP contribution in [0, 0.1) is 0 Å². The first kappa shape index (κ1) is 19.0. The highest BCUT2D eigenvalue weighted by Gasteiger charge is 2.22. The van der Waals surface area contributed by atoms with Crippen LogP contribution in [0.1, 0.15) is 54.6 Å². The number of esters is 1. The van der Waals surface area contributed by atoms with E-state index in [2.05, 4.69) is 20.5 Å². The number of nitrogens with zero attached hydrogens (tertiary/aromatic N) is 5. The SMILES string of the molecule is CCCc1nc(COC(=O)c2nnn(-c3cccc(Cl)c3)c2CCC)no1. The third-order valence-electron chi connectivity index (χ3n) is 3.80. The van der Waals surface area contributed by atoms with Gasteiger partial charge in [0.2, 0.25) is 11.7 Å². The Balaban J connectivity index is 1.77. The standard InChI is InChI=1S/C18H20ClN5O3/c1-3-6-14-17(21-23-24(14)13-9-5-8-12(19)10-13)18(25)26-11-15-20-16(7-4-2)27-22-15/h5,8-10H,3-4,6-7,11H2,1-2H3. The van der Waals surface area contributed by atoms with Crippen molar-refractivity contribution >= 4 is 17.6 Å². The van der Waals surface area contributed by atoms with E-state index < -0.39 is 5.97 Å². The zero-order valence-electron chi connectivity index (χ0n) is 15.2. The molecule has 0 unspecified atom stereocenters. The van der Waals surface area contributed by atoms with Crippen LogP contribution in [0.15, 0.2) is 28.8 Å². The molecule has 3 aromatic rings. The Morgan fingerprint density at radius 1 is 1.26 bits per heavy atom. The van der Waals surface area contributed by atoms with E-state index in [9.17, 15) is 4.79 Å². The monoisotopic (exact) mass is 389 g/mol. The van der Waals surface area contributed by atoms with Gasteiger partial charge in [-0.3, -0.25) is 0 Å². The minimum absolute atomic E-state index is 0.0817. The fourth-order valence-corrected chi connectivity index (χ4v) is 2.78. The average molecular weight is 390 g/mol. The molecule has 0 fully saturated rings. The molecule has 1 aromatic carbocycles. The maximum Gasteiger partial charge on any atom is 0.361 e. The largest absolute Gasteiger partial charge is 0.452 e. The van der Waals surface area contributed by atoms with Crippen molar-refractivity contribution in [3.8, 4) is 5.69 Å². The van der Waals surface area contributed by atoms with E-state index in [-0.39, 0.29) is 12.3 Å². The van der Waals surface area contributed by atoms with Crippen LogP contribution in [0.25, 0.3) is 5.69 Å². The van der Waals surface area contributed by atoms with Gasteiger partial charge < -0.3 is 9.26 Å². The molecule has 2 aromatic heterocycles. The molecule has 0 saturated heterocycles. The van der Waals surface area contributed by atoms with Crippen molar-refractivity contribution in [1.29, 1.82) is 0 Å². The maximum atomic E-state index is 12.5. The number of hydrogen-bond acceptors (Lipinski definition) is 7. The molecule has 0 aliphatic carbocycles. The molecule has 0 bridgehead atoms. The quantitative estimate of drug-likeness (QED) is 0.543. The van der Waals surface area contributed by atoms with Gasteiger partial charge in [-0.25, -0.2) is 9.48 Å². The van der Waals surface area contributed by atoms with Crippen LogP contribution in [-0.2, 0) is 24.2 Å². The lowest BCUT2D eigenvalue weighted by Crippen LogP contribution is -2.11. The molecule has 0 N–H and O–H groups in total. The molecule has 142 valence electrons. The van der Waals surface area contributed by atoms with E-state index in [0.29, 0.717) is 35.3 Å². The smallest absolute Gasteiger partial charge is 0.361 e. The number of ether oxygens (including phenoxy) is 1. The Hall–Kier alpha value is -2.74. The Kier molecular flexibility index (Phi) is 6.18. The lowest BCUT2D eigenvalue weighted by atomic mass is 10.2. The van der Waals surface area contributed by atoms with Crippen LogP contribution in [0.4, 0.5) is 0 Å². The molecule has 3 rings (SSSR count). The van der Waals surface area contributed by atoms with E-state index in [0.717, 1.165) is 18.5 Å². The predicted octanol–water partition coefficient (Wildman–Crippen LogP) is 3.57. The van der Waals surface area contributed by atoms with Crippen LogP contribution in [0.3, 0.4) is 0 Å². The molecule has 0 aliphatic heterocycles. The minimum atomic E-state index is -0.575. The van der Waals surface area contributed by atoms with Crippen molar-refractivity contribution in [2.45, 2.75) is 46.1 Å². The topological polar surface area (TPSA) is 95.9 Å². The highest BCUT2D eigenvalue weighted by molar-refractivity contribution is 6.30. The summed E-state index contributed by atoms with van der Waals surface area (Å²) >= 11 is 6.06. The molecule has 0 saturated carbocycles. The molecule has 0 radical (unpaired) electrons. The summed E-state index contributed by atoms with van der Waals surface area (Å²) in [4.78, 5) is 16.7.